The Labute approximate surface area is 160 Å². The molecule has 27 heavy (non-hydrogen) atoms. The normalized spacial score (nSPS) is 20.4. The number of rotatable bonds is 2. The van der Waals surface area contributed by atoms with E-state index in [9.17, 15) is 0 Å². The molecule has 0 amide bonds. The van der Waals surface area contributed by atoms with Gasteiger partial charge in [0.25, 0.3) is 0 Å². The van der Waals surface area contributed by atoms with E-state index < -0.39 is 0 Å². The molecule has 0 aromatic carbocycles. The highest BCUT2D eigenvalue weighted by atomic mass is 16.5. The predicted octanol–water partition coefficient (Wildman–Crippen LogP) is 2.49. The standard InChI is InChI=1S/C21H27N5O/c1-25(2)20-22-14-16-8-13-27-21(19(16)24-20)9-11-26(12-10-21)18-7-6-15-4-3-5-17(15)23-18/h6-7,14H,3-5,8-13H2,1-2H3. The van der Waals surface area contributed by atoms with Crippen LogP contribution in [0.2, 0.25) is 0 Å². The van der Waals surface area contributed by atoms with Gasteiger partial charge in [-0.3, -0.25) is 0 Å². The van der Waals surface area contributed by atoms with Gasteiger partial charge < -0.3 is 14.5 Å². The van der Waals surface area contributed by atoms with Gasteiger partial charge >= 0.3 is 0 Å². The Morgan fingerprint density at radius 1 is 1.04 bits per heavy atom. The van der Waals surface area contributed by atoms with Gasteiger partial charge in [-0.2, -0.15) is 0 Å². The highest BCUT2D eigenvalue weighted by Gasteiger charge is 2.43. The van der Waals surface area contributed by atoms with Crippen LogP contribution in [0.15, 0.2) is 18.3 Å². The molecule has 0 radical (unpaired) electrons. The summed E-state index contributed by atoms with van der Waals surface area (Å²) in [5.41, 5.74) is 4.82. The molecule has 1 fully saturated rings. The van der Waals surface area contributed by atoms with E-state index in [1.807, 2.05) is 25.2 Å². The van der Waals surface area contributed by atoms with Crippen molar-refractivity contribution in [2.75, 3.05) is 43.6 Å². The lowest BCUT2D eigenvalue weighted by Crippen LogP contribution is -2.47. The summed E-state index contributed by atoms with van der Waals surface area (Å²) in [6, 6.07) is 4.47. The molecule has 0 atom stereocenters. The second kappa shape index (κ2) is 6.44. The van der Waals surface area contributed by atoms with Crippen LogP contribution in [0.4, 0.5) is 11.8 Å². The average molecular weight is 365 g/mol. The smallest absolute Gasteiger partial charge is 0.225 e. The van der Waals surface area contributed by atoms with Crippen LogP contribution in [-0.2, 0) is 29.6 Å². The molecule has 6 nitrogen and oxygen atoms in total. The molecule has 0 unspecified atom stereocenters. The van der Waals surface area contributed by atoms with E-state index in [1.54, 1.807) is 0 Å². The van der Waals surface area contributed by atoms with Crippen LogP contribution in [0.3, 0.4) is 0 Å². The zero-order valence-corrected chi connectivity index (χ0v) is 16.2. The molecule has 2 aliphatic heterocycles. The van der Waals surface area contributed by atoms with Gasteiger partial charge in [-0.05, 0) is 55.7 Å². The summed E-state index contributed by atoms with van der Waals surface area (Å²) in [5.74, 6) is 1.89. The van der Waals surface area contributed by atoms with E-state index >= 15 is 0 Å². The summed E-state index contributed by atoms with van der Waals surface area (Å²) in [7, 11) is 3.97. The van der Waals surface area contributed by atoms with E-state index in [1.165, 1.54) is 29.7 Å². The Hall–Kier alpha value is -2.21. The number of piperidine rings is 1. The fraction of sp³-hybridized carbons (Fsp3) is 0.571. The third-order valence-electron chi connectivity index (χ3n) is 6.24. The molecule has 4 heterocycles. The average Bonchev–Trinajstić information content (AvgIpc) is 3.16. The Balaban J connectivity index is 1.39. The van der Waals surface area contributed by atoms with Crippen molar-refractivity contribution in [1.29, 1.82) is 0 Å². The molecule has 2 aromatic rings. The topological polar surface area (TPSA) is 54.4 Å². The molecule has 0 N–H and O–H groups in total. The Morgan fingerprint density at radius 2 is 1.89 bits per heavy atom. The van der Waals surface area contributed by atoms with Crippen LogP contribution >= 0.6 is 0 Å². The van der Waals surface area contributed by atoms with Crippen LogP contribution in [0.5, 0.6) is 0 Å². The van der Waals surface area contributed by atoms with E-state index in [2.05, 4.69) is 22.0 Å². The number of aromatic nitrogens is 3. The van der Waals surface area contributed by atoms with Crippen molar-refractivity contribution in [3.05, 3.63) is 40.8 Å². The van der Waals surface area contributed by atoms with Gasteiger partial charge in [-0.25, -0.2) is 15.0 Å². The van der Waals surface area contributed by atoms with Crippen molar-refractivity contribution < 1.29 is 4.74 Å². The molecule has 2 aromatic heterocycles. The van der Waals surface area contributed by atoms with E-state index in [4.69, 9.17) is 14.7 Å². The molecule has 1 spiro atoms. The lowest BCUT2D eigenvalue weighted by atomic mass is 9.83. The van der Waals surface area contributed by atoms with Crippen LogP contribution < -0.4 is 9.80 Å². The maximum atomic E-state index is 6.37. The first kappa shape index (κ1) is 16.9. The molecular formula is C21H27N5O. The first-order valence-corrected chi connectivity index (χ1v) is 10.1. The molecule has 0 bridgehead atoms. The summed E-state index contributed by atoms with van der Waals surface area (Å²) in [4.78, 5) is 18.7. The highest BCUT2D eigenvalue weighted by molar-refractivity contribution is 5.45. The minimum absolute atomic E-state index is 0.269. The summed E-state index contributed by atoms with van der Waals surface area (Å²) in [6.45, 7) is 2.66. The third kappa shape index (κ3) is 2.87. The maximum absolute atomic E-state index is 6.37. The second-order valence-corrected chi connectivity index (χ2v) is 8.15. The number of hydrogen-bond acceptors (Lipinski definition) is 6. The summed E-state index contributed by atoms with van der Waals surface area (Å²) in [6.07, 6.45) is 8.35. The molecule has 1 saturated heterocycles. The lowest BCUT2D eigenvalue weighted by Gasteiger charge is -2.44. The fourth-order valence-corrected chi connectivity index (χ4v) is 4.68. The Bertz CT molecular complexity index is 858. The van der Waals surface area contributed by atoms with E-state index in [-0.39, 0.29) is 5.60 Å². The molecular weight excluding hydrogens is 338 g/mol. The Kier molecular flexibility index (Phi) is 4.04. The van der Waals surface area contributed by atoms with Gasteiger partial charge in [0, 0.05) is 39.1 Å². The number of fused-ring (bicyclic) bond motifs is 3. The largest absolute Gasteiger partial charge is 0.368 e. The predicted molar refractivity (Wildman–Crippen MR) is 105 cm³/mol. The Morgan fingerprint density at radius 3 is 2.70 bits per heavy atom. The highest BCUT2D eigenvalue weighted by Crippen LogP contribution is 2.41. The van der Waals surface area contributed by atoms with Crippen LogP contribution in [-0.4, -0.2) is 48.7 Å². The van der Waals surface area contributed by atoms with Crippen molar-refractivity contribution in [3.63, 3.8) is 0 Å². The number of anilines is 2. The summed E-state index contributed by atoms with van der Waals surface area (Å²) >= 11 is 0. The zero-order valence-electron chi connectivity index (χ0n) is 16.2. The molecule has 5 rings (SSSR count). The van der Waals surface area contributed by atoms with Crippen LogP contribution in [0.25, 0.3) is 0 Å². The number of ether oxygens (including phenoxy) is 1. The number of hydrogen-bond donors (Lipinski definition) is 0. The zero-order chi connectivity index (χ0) is 18.4. The van der Waals surface area contributed by atoms with Crippen LogP contribution in [0, 0.1) is 0 Å². The maximum Gasteiger partial charge on any atom is 0.225 e. The first-order chi connectivity index (χ1) is 13.1. The van der Waals surface area contributed by atoms with Crippen molar-refractivity contribution in [1.82, 2.24) is 15.0 Å². The SMILES string of the molecule is CN(C)c1ncc2c(n1)C1(CCN(c3ccc4c(n3)CCC4)CC1)OCC2. The quantitative estimate of drug-likeness (QED) is 0.815. The third-order valence-corrected chi connectivity index (χ3v) is 6.24. The fourth-order valence-electron chi connectivity index (χ4n) is 4.68. The summed E-state index contributed by atoms with van der Waals surface area (Å²) in [5, 5.41) is 0. The molecule has 0 saturated carbocycles. The number of nitrogens with zero attached hydrogens (tertiary/aromatic N) is 5. The minimum atomic E-state index is -0.269. The monoisotopic (exact) mass is 365 g/mol. The van der Waals surface area contributed by atoms with Crippen molar-refractivity contribution in [2.24, 2.45) is 0 Å². The van der Waals surface area contributed by atoms with Gasteiger partial charge in [0.1, 0.15) is 11.4 Å². The molecule has 6 heteroatoms. The van der Waals surface area contributed by atoms with Gasteiger partial charge in [0.2, 0.25) is 5.95 Å². The van der Waals surface area contributed by atoms with Crippen molar-refractivity contribution in [3.8, 4) is 0 Å². The van der Waals surface area contributed by atoms with Gasteiger partial charge in [0.05, 0.1) is 12.3 Å². The molecule has 1 aliphatic carbocycles. The van der Waals surface area contributed by atoms with Crippen LogP contribution in [0.1, 0.15) is 41.8 Å². The first-order valence-electron chi connectivity index (χ1n) is 10.1. The lowest BCUT2D eigenvalue weighted by molar-refractivity contribution is -0.0801. The van der Waals surface area contributed by atoms with Gasteiger partial charge in [0.15, 0.2) is 0 Å². The van der Waals surface area contributed by atoms with Gasteiger partial charge in [-0.15, -0.1) is 0 Å². The summed E-state index contributed by atoms with van der Waals surface area (Å²) < 4.78 is 6.37. The van der Waals surface area contributed by atoms with E-state index in [0.29, 0.717) is 0 Å². The van der Waals surface area contributed by atoms with E-state index in [0.717, 1.165) is 62.8 Å². The number of pyridine rings is 1. The van der Waals surface area contributed by atoms with Crippen molar-refractivity contribution in [2.45, 2.75) is 44.1 Å². The molecule has 3 aliphatic rings. The molecule has 142 valence electrons. The number of aryl methyl sites for hydroxylation is 2. The minimum Gasteiger partial charge on any atom is -0.368 e. The second-order valence-electron chi connectivity index (χ2n) is 8.15. The van der Waals surface area contributed by atoms with Crippen molar-refractivity contribution >= 4 is 11.8 Å². The van der Waals surface area contributed by atoms with Gasteiger partial charge in [-0.1, -0.05) is 6.07 Å².